The molecule has 0 atom stereocenters. The van der Waals surface area contributed by atoms with Crippen LogP contribution < -0.4 is 0 Å². The van der Waals surface area contributed by atoms with E-state index in [1.54, 1.807) is 12.3 Å². The highest BCUT2D eigenvalue weighted by atomic mass is 19.1. The number of fused-ring (bicyclic) bond motifs is 1. The van der Waals surface area contributed by atoms with Gasteiger partial charge in [0.1, 0.15) is 5.82 Å². The fraction of sp³-hybridized carbons (Fsp3) is 0.227. The van der Waals surface area contributed by atoms with E-state index in [0.717, 1.165) is 60.4 Å². The molecule has 0 N–H and O–H groups in total. The van der Waals surface area contributed by atoms with E-state index in [4.69, 9.17) is 4.74 Å². The summed E-state index contributed by atoms with van der Waals surface area (Å²) in [5.41, 5.74) is 3.58. The molecule has 2 heterocycles. The van der Waals surface area contributed by atoms with Crippen molar-refractivity contribution in [1.29, 1.82) is 0 Å². The molecule has 26 heavy (non-hydrogen) atoms. The fourth-order valence-electron chi connectivity index (χ4n) is 3.04. The molecular weight excluding hydrogens is 327 g/mol. The second kappa shape index (κ2) is 7.65. The van der Waals surface area contributed by atoms with Crippen LogP contribution in [0.4, 0.5) is 4.39 Å². The van der Waals surface area contributed by atoms with Gasteiger partial charge in [0.05, 0.1) is 25.3 Å². The Morgan fingerprint density at radius 3 is 2.77 bits per heavy atom. The molecule has 4 heteroatoms. The summed E-state index contributed by atoms with van der Waals surface area (Å²) in [6.45, 7) is 4.21. The van der Waals surface area contributed by atoms with Gasteiger partial charge in [-0.05, 0) is 35.9 Å². The lowest BCUT2D eigenvalue weighted by Gasteiger charge is -2.24. The summed E-state index contributed by atoms with van der Waals surface area (Å²) in [5, 5.41) is 1.02. The second-order valence-corrected chi connectivity index (χ2v) is 6.33. The average molecular weight is 346 g/mol. The molecule has 1 aliphatic rings. The maximum atomic E-state index is 13.4. The number of aromatic nitrogens is 1. The largest absolute Gasteiger partial charge is 0.379 e. The van der Waals surface area contributed by atoms with E-state index in [9.17, 15) is 4.39 Å². The molecule has 0 bridgehead atoms. The Kier molecular flexibility index (Phi) is 4.92. The Morgan fingerprint density at radius 2 is 1.92 bits per heavy atom. The average Bonchev–Trinajstić information content (AvgIpc) is 2.68. The standard InChI is InChI=1S/C22H19FN2O/c23-21-5-1-4-18(15-21)20-14-19-7-6-17(13-22(19)24-16-20)3-2-8-25-9-11-26-12-10-25/h1,4-7,13-16H,8-12H2. The number of nitrogens with zero attached hydrogens (tertiary/aromatic N) is 2. The zero-order chi connectivity index (χ0) is 17.8. The van der Waals surface area contributed by atoms with Crippen molar-refractivity contribution >= 4 is 10.9 Å². The molecule has 0 radical (unpaired) electrons. The van der Waals surface area contributed by atoms with E-state index in [-0.39, 0.29) is 5.82 Å². The van der Waals surface area contributed by atoms with Crippen molar-refractivity contribution in [2.45, 2.75) is 0 Å². The van der Waals surface area contributed by atoms with Crippen LogP contribution in [0.1, 0.15) is 5.56 Å². The molecule has 1 aromatic heterocycles. The number of rotatable bonds is 2. The van der Waals surface area contributed by atoms with Crippen molar-refractivity contribution in [3.8, 4) is 23.0 Å². The third-order valence-electron chi connectivity index (χ3n) is 4.48. The number of morpholine rings is 1. The van der Waals surface area contributed by atoms with Crippen LogP contribution in [0.2, 0.25) is 0 Å². The lowest BCUT2D eigenvalue weighted by Crippen LogP contribution is -2.36. The summed E-state index contributed by atoms with van der Waals surface area (Å²) in [6.07, 6.45) is 1.78. The van der Waals surface area contributed by atoms with E-state index in [1.165, 1.54) is 12.1 Å². The summed E-state index contributed by atoms with van der Waals surface area (Å²) in [6, 6.07) is 14.6. The van der Waals surface area contributed by atoms with Crippen molar-refractivity contribution in [3.05, 3.63) is 66.1 Å². The summed E-state index contributed by atoms with van der Waals surface area (Å²) in [7, 11) is 0. The number of hydrogen-bond donors (Lipinski definition) is 0. The van der Waals surface area contributed by atoms with Gasteiger partial charge in [-0.2, -0.15) is 0 Å². The number of ether oxygens (including phenoxy) is 1. The molecule has 0 aliphatic carbocycles. The fourth-order valence-corrected chi connectivity index (χ4v) is 3.04. The molecule has 3 nitrogen and oxygen atoms in total. The first kappa shape index (κ1) is 16.7. The maximum Gasteiger partial charge on any atom is 0.123 e. The van der Waals surface area contributed by atoms with E-state index < -0.39 is 0 Å². The number of halogens is 1. The SMILES string of the molecule is Fc1cccc(-c2cnc3cc(C#CCN4CCOCC4)ccc3c2)c1. The third-order valence-corrected chi connectivity index (χ3v) is 4.48. The summed E-state index contributed by atoms with van der Waals surface area (Å²) < 4.78 is 18.8. The molecule has 2 aromatic carbocycles. The van der Waals surface area contributed by atoms with Crippen LogP contribution in [0.5, 0.6) is 0 Å². The van der Waals surface area contributed by atoms with Gasteiger partial charge < -0.3 is 4.74 Å². The number of benzene rings is 2. The summed E-state index contributed by atoms with van der Waals surface area (Å²) in [5.74, 6) is 6.20. The molecule has 0 unspecified atom stereocenters. The number of pyridine rings is 1. The van der Waals surface area contributed by atoms with Crippen LogP contribution in [0, 0.1) is 17.7 Å². The maximum absolute atomic E-state index is 13.4. The van der Waals surface area contributed by atoms with Crippen LogP contribution in [-0.2, 0) is 4.74 Å². The lowest BCUT2D eigenvalue weighted by molar-refractivity contribution is 0.0443. The van der Waals surface area contributed by atoms with Gasteiger partial charge >= 0.3 is 0 Å². The lowest BCUT2D eigenvalue weighted by atomic mass is 10.0. The molecule has 1 aliphatic heterocycles. The van der Waals surface area contributed by atoms with E-state index in [1.807, 2.05) is 30.3 Å². The molecule has 130 valence electrons. The third kappa shape index (κ3) is 3.91. The van der Waals surface area contributed by atoms with Crippen molar-refractivity contribution in [3.63, 3.8) is 0 Å². The Balaban J connectivity index is 1.54. The molecular formula is C22H19FN2O. The van der Waals surface area contributed by atoms with Gasteiger partial charge in [0.2, 0.25) is 0 Å². The molecule has 1 fully saturated rings. The Bertz CT molecular complexity index is 984. The van der Waals surface area contributed by atoms with Gasteiger partial charge in [-0.25, -0.2) is 4.39 Å². The van der Waals surface area contributed by atoms with E-state index in [2.05, 4.69) is 21.7 Å². The Morgan fingerprint density at radius 1 is 1.04 bits per heavy atom. The first-order valence-corrected chi connectivity index (χ1v) is 8.73. The van der Waals surface area contributed by atoms with Crippen LogP contribution in [-0.4, -0.2) is 42.7 Å². The summed E-state index contributed by atoms with van der Waals surface area (Å²) >= 11 is 0. The van der Waals surface area contributed by atoms with E-state index in [0.29, 0.717) is 0 Å². The normalized spacial score (nSPS) is 14.8. The summed E-state index contributed by atoms with van der Waals surface area (Å²) in [4.78, 5) is 6.82. The smallest absolute Gasteiger partial charge is 0.123 e. The highest BCUT2D eigenvalue weighted by Gasteiger charge is 2.07. The van der Waals surface area contributed by atoms with Crippen LogP contribution in [0.25, 0.3) is 22.0 Å². The first-order chi connectivity index (χ1) is 12.8. The molecule has 0 amide bonds. The van der Waals surface area contributed by atoms with Gasteiger partial charge in [0.15, 0.2) is 0 Å². The van der Waals surface area contributed by atoms with Gasteiger partial charge in [-0.15, -0.1) is 0 Å². The van der Waals surface area contributed by atoms with E-state index >= 15 is 0 Å². The highest BCUT2D eigenvalue weighted by Crippen LogP contribution is 2.23. The minimum atomic E-state index is -0.242. The molecule has 1 saturated heterocycles. The second-order valence-electron chi connectivity index (χ2n) is 6.33. The zero-order valence-corrected chi connectivity index (χ0v) is 14.4. The predicted octanol–water partition coefficient (Wildman–Crippen LogP) is 3.72. The Labute approximate surface area is 152 Å². The van der Waals surface area contributed by atoms with Gasteiger partial charge in [0, 0.05) is 35.8 Å². The molecule has 4 rings (SSSR count). The minimum Gasteiger partial charge on any atom is -0.379 e. The topological polar surface area (TPSA) is 25.4 Å². The highest BCUT2D eigenvalue weighted by molar-refractivity contribution is 5.84. The molecule has 0 saturated carbocycles. The quantitative estimate of drug-likeness (QED) is 0.661. The van der Waals surface area contributed by atoms with Gasteiger partial charge in [-0.1, -0.05) is 30.0 Å². The van der Waals surface area contributed by atoms with Gasteiger partial charge in [0.25, 0.3) is 0 Å². The molecule has 3 aromatic rings. The first-order valence-electron chi connectivity index (χ1n) is 8.73. The monoisotopic (exact) mass is 346 g/mol. The molecule has 0 spiro atoms. The minimum absolute atomic E-state index is 0.242. The van der Waals surface area contributed by atoms with Crippen molar-refractivity contribution < 1.29 is 9.13 Å². The van der Waals surface area contributed by atoms with Crippen LogP contribution >= 0.6 is 0 Å². The van der Waals surface area contributed by atoms with Gasteiger partial charge in [-0.3, -0.25) is 9.88 Å². The van der Waals surface area contributed by atoms with Crippen LogP contribution in [0.15, 0.2) is 54.7 Å². The number of hydrogen-bond acceptors (Lipinski definition) is 3. The van der Waals surface area contributed by atoms with Crippen molar-refractivity contribution in [2.75, 3.05) is 32.8 Å². The van der Waals surface area contributed by atoms with Crippen molar-refractivity contribution in [2.24, 2.45) is 0 Å². The Hall–Kier alpha value is -2.74. The predicted molar refractivity (Wildman–Crippen MR) is 101 cm³/mol. The zero-order valence-electron chi connectivity index (χ0n) is 14.4. The van der Waals surface area contributed by atoms with Crippen LogP contribution in [0.3, 0.4) is 0 Å². The van der Waals surface area contributed by atoms with Crippen molar-refractivity contribution in [1.82, 2.24) is 9.88 Å².